The van der Waals surface area contributed by atoms with Crippen molar-refractivity contribution >= 4 is 28.6 Å². The molecule has 2 aromatic rings. The van der Waals surface area contributed by atoms with Gasteiger partial charge >= 0.3 is 12.3 Å². The Hall–Kier alpha value is -1.97. The summed E-state index contributed by atoms with van der Waals surface area (Å²) in [5.41, 5.74) is 0.0810. The van der Waals surface area contributed by atoms with Crippen molar-refractivity contribution in [3.63, 3.8) is 0 Å². The number of carboxylic acids is 1. The Bertz CT molecular complexity index is 652. The number of alkyl halides is 2. The Morgan fingerprint density at radius 1 is 1.19 bits per heavy atom. The molecule has 0 aliphatic carbocycles. The second kappa shape index (κ2) is 6.20. The highest BCUT2D eigenvalue weighted by Gasteiger charge is 2.44. The quantitative estimate of drug-likeness (QED) is 0.735. The highest BCUT2D eigenvalue weighted by molar-refractivity contribution is 14.1. The molecule has 2 heterocycles. The van der Waals surface area contributed by atoms with Crippen molar-refractivity contribution in [3.05, 3.63) is 51.9 Å². The predicted molar refractivity (Wildman–Crippen MR) is 76.6 cm³/mol. The van der Waals surface area contributed by atoms with E-state index in [4.69, 9.17) is 5.11 Å². The average molecular weight is 407 g/mol. The van der Waals surface area contributed by atoms with Crippen LogP contribution in [0.1, 0.15) is 10.5 Å². The SMILES string of the molecule is FC1(F)Oc2cccc(I)c2O1.O=C(O)c1ccccn1. The summed E-state index contributed by atoms with van der Waals surface area (Å²) in [6, 6.07) is 9.50. The second-order valence-corrected chi connectivity index (χ2v) is 4.92. The Labute approximate surface area is 131 Å². The molecule has 5 nitrogen and oxygen atoms in total. The summed E-state index contributed by atoms with van der Waals surface area (Å²) in [5, 5.41) is 8.32. The fourth-order valence-electron chi connectivity index (χ4n) is 1.43. The van der Waals surface area contributed by atoms with Crippen molar-refractivity contribution < 1.29 is 28.2 Å². The van der Waals surface area contributed by atoms with E-state index in [0.717, 1.165) is 0 Å². The molecule has 1 aromatic heterocycles. The Morgan fingerprint density at radius 3 is 2.48 bits per heavy atom. The lowest BCUT2D eigenvalue weighted by molar-refractivity contribution is -0.287. The molecule has 1 N–H and O–H groups in total. The predicted octanol–water partition coefficient (Wildman–Crippen LogP) is 3.39. The first kappa shape index (κ1) is 15.4. The monoisotopic (exact) mass is 407 g/mol. The van der Waals surface area contributed by atoms with E-state index in [1.807, 2.05) is 22.6 Å². The first-order valence-electron chi connectivity index (χ1n) is 5.58. The van der Waals surface area contributed by atoms with E-state index in [1.54, 1.807) is 24.3 Å². The number of rotatable bonds is 1. The highest BCUT2D eigenvalue weighted by atomic mass is 127. The van der Waals surface area contributed by atoms with Gasteiger partial charge in [-0.25, -0.2) is 9.78 Å². The van der Waals surface area contributed by atoms with E-state index in [0.29, 0.717) is 3.57 Å². The molecule has 110 valence electrons. The molecule has 0 radical (unpaired) electrons. The Kier molecular flexibility index (Phi) is 4.56. The molecule has 0 saturated heterocycles. The van der Waals surface area contributed by atoms with Gasteiger partial charge in [0.2, 0.25) is 0 Å². The molecule has 0 amide bonds. The number of nitrogens with zero attached hydrogens (tertiary/aromatic N) is 1. The van der Waals surface area contributed by atoms with E-state index < -0.39 is 12.3 Å². The lowest BCUT2D eigenvalue weighted by Gasteiger charge is -2.04. The van der Waals surface area contributed by atoms with Crippen LogP contribution in [0.25, 0.3) is 0 Å². The highest BCUT2D eigenvalue weighted by Crippen LogP contribution is 2.43. The zero-order valence-electron chi connectivity index (χ0n) is 10.3. The molecule has 0 saturated carbocycles. The summed E-state index contributed by atoms with van der Waals surface area (Å²) in [5.74, 6) is -0.786. The van der Waals surface area contributed by atoms with Crippen molar-refractivity contribution in [2.24, 2.45) is 0 Å². The summed E-state index contributed by atoms with van der Waals surface area (Å²) in [6.07, 6.45) is -2.06. The molecule has 0 unspecified atom stereocenters. The number of benzene rings is 1. The van der Waals surface area contributed by atoms with E-state index in [1.165, 1.54) is 18.3 Å². The maximum Gasteiger partial charge on any atom is 0.586 e. The Morgan fingerprint density at radius 2 is 1.95 bits per heavy atom. The molecule has 1 aliphatic heterocycles. The second-order valence-electron chi connectivity index (χ2n) is 3.75. The smallest absolute Gasteiger partial charge is 0.477 e. The van der Waals surface area contributed by atoms with Gasteiger partial charge in [-0.05, 0) is 46.9 Å². The normalized spacial score (nSPS) is 14.0. The molecule has 3 rings (SSSR count). The summed E-state index contributed by atoms with van der Waals surface area (Å²) in [7, 11) is 0. The molecule has 0 atom stereocenters. The minimum Gasteiger partial charge on any atom is -0.477 e. The van der Waals surface area contributed by atoms with Gasteiger partial charge in [0.25, 0.3) is 0 Å². The number of carbonyl (C=O) groups is 1. The molecule has 0 spiro atoms. The number of carboxylic acid groups (broad SMARTS) is 1. The third-order valence-corrected chi connectivity index (χ3v) is 3.11. The van der Waals surface area contributed by atoms with Crippen LogP contribution < -0.4 is 9.47 Å². The zero-order chi connectivity index (χ0) is 15.5. The van der Waals surface area contributed by atoms with Crippen LogP contribution >= 0.6 is 22.6 Å². The molecule has 0 fully saturated rings. The number of hydrogen-bond acceptors (Lipinski definition) is 4. The molecular formula is C13H8F2INO4. The van der Waals surface area contributed by atoms with Gasteiger partial charge in [-0.15, -0.1) is 8.78 Å². The van der Waals surface area contributed by atoms with Crippen molar-refractivity contribution in [1.82, 2.24) is 4.98 Å². The first-order chi connectivity index (χ1) is 9.89. The van der Waals surface area contributed by atoms with E-state index >= 15 is 0 Å². The fraction of sp³-hybridized carbons (Fsp3) is 0.0769. The summed E-state index contributed by atoms with van der Waals surface area (Å²) < 4.78 is 34.0. The first-order valence-corrected chi connectivity index (χ1v) is 6.65. The number of halogens is 3. The summed E-state index contributed by atoms with van der Waals surface area (Å²) >= 11 is 1.90. The molecule has 1 aromatic carbocycles. The topological polar surface area (TPSA) is 68.7 Å². The van der Waals surface area contributed by atoms with Crippen LogP contribution in [0.5, 0.6) is 11.5 Å². The summed E-state index contributed by atoms with van der Waals surface area (Å²) in [6.45, 7) is 0. The standard InChI is InChI=1S/C7H3F2IO2.C6H5NO2/c8-7(9)11-5-3-1-2-4(10)6(5)12-7;8-6(9)5-3-1-2-4-7-5/h1-3H;1-4H,(H,8,9). The largest absolute Gasteiger partial charge is 0.586 e. The average Bonchev–Trinajstić information content (AvgIpc) is 2.76. The number of ether oxygens (including phenoxy) is 2. The molecule has 21 heavy (non-hydrogen) atoms. The zero-order valence-corrected chi connectivity index (χ0v) is 12.5. The fourth-order valence-corrected chi connectivity index (χ4v) is 2.01. The number of fused-ring (bicyclic) bond motifs is 1. The van der Waals surface area contributed by atoms with E-state index in [9.17, 15) is 13.6 Å². The maximum atomic E-state index is 12.5. The molecule has 0 bridgehead atoms. The van der Waals surface area contributed by atoms with Crippen molar-refractivity contribution in [3.8, 4) is 11.5 Å². The van der Waals surface area contributed by atoms with Crippen LogP contribution in [0, 0.1) is 3.57 Å². The Balaban J connectivity index is 0.000000161. The van der Waals surface area contributed by atoms with Gasteiger partial charge < -0.3 is 14.6 Å². The van der Waals surface area contributed by atoms with Crippen LogP contribution in [0.4, 0.5) is 8.78 Å². The third-order valence-electron chi connectivity index (χ3n) is 2.26. The number of para-hydroxylation sites is 1. The number of hydrogen-bond donors (Lipinski definition) is 1. The van der Waals surface area contributed by atoms with Crippen molar-refractivity contribution in [1.29, 1.82) is 0 Å². The van der Waals surface area contributed by atoms with Gasteiger partial charge in [0.1, 0.15) is 5.69 Å². The van der Waals surface area contributed by atoms with Gasteiger partial charge in [-0.3, -0.25) is 0 Å². The minimum absolute atomic E-state index is 0.0810. The van der Waals surface area contributed by atoms with Gasteiger partial charge in [0.05, 0.1) is 3.57 Å². The van der Waals surface area contributed by atoms with Gasteiger partial charge in [-0.2, -0.15) is 0 Å². The van der Waals surface area contributed by atoms with E-state index in [-0.39, 0.29) is 17.2 Å². The molecule has 1 aliphatic rings. The van der Waals surface area contributed by atoms with Crippen LogP contribution in [0.3, 0.4) is 0 Å². The molecular weight excluding hydrogens is 399 g/mol. The van der Waals surface area contributed by atoms with Crippen LogP contribution in [0.15, 0.2) is 42.6 Å². The third kappa shape index (κ3) is 4.00. The van der Waals surface area contributed by atoms with Gasteiger partial charge in [0, 0.05) is 6.20 Å². The van der Waals surface area contributed by atoms with E-state index in [2.05, 4.69) is 14.5 Å². The lowest BCUT2D eigenvalue weighted by Crippen LogP contribution is -2.26. The number of aromatic nitrogens is 1. The van der Waals surface area contributed by atoms with Crippen LogP contribution in [-0.2, 0) is 0 Å². The van der Waals surface area contributed by atoms with Crippen molar-refractivity contribution in [2.75, 3.05) is 0 Å². The van der Waals surface area contributed by atoms with Gasteiger partial charge in [0.15, 0.2) is 11.5 Å². The van der Waals surface area contributed by atoms with Crippen LogP contribution in [0.2, 0.25) is 0 Å². The molecule has 8 heteroatoms. The van der Waals surface area contributed by atoms with Crippen molar-refractivity contribution in [2.45, 2.75) is 6.29 Å². The van der Waals surface area contributed by atoms with Gasteiger partial charge in [-0.1, -0.05) is 12.1 Å². The maximum absolute atomic E-state index is 12.5. The number of pyridine rings is 1. The van der Waals surface area contributed by atoms with Crippen LogP contribution in [-0.4, -0.2) is 22.4 Å². The summed E-state index contributed by atoms with van der Waals surface area (Å²) in [4.78, 5) is 13.7. The number of aromatic carboxylic acids is 1. The minimum atomic E-state index is -3.51. The lowest BCUT2D eigenvalue weighted by atomic mass is 10.3.